The predicted octanol–water partition coefficient (Wildman–Crippen LogP) is 0.141. The molecule has 3 atom stereocenters. The van der Waals surface area contributed by atoms with Crippen molar-refractivity contribution in [3.8, 4) is 0 Å². The Bertz CT molecular complexity index is 494. The zero-order valence-electron chi connectivity index (χ0n) is 9.08. The highest BCUT2D eigenvalue weighted by Crippen LogP contribution is 2.31. The number of hydrogen-bond acceptors (Lipinski definition) is 5. The van der Waals surface area contributed by atoms with E-state index in [1.807, 2.05) is 12.1 Å². The molecule has 0 aliphatic carbocycles. The van der Waals surface area contributed by atoms with Gasteiger partial charge in [-0.05, 0) is 12.1 Å². The molecule has 0 spiro atoms. The van der Waals surface area contributed by atoms with E-state index in [9.17, 15) is 5.11 Å². The number of imidazole rings is 1. The van der Waals surface area contributed by atoms with Crippen LogP contribution in [0.15, 0.2) is 18.3 Å². The van der Waals surface area contributed by atoms with Crippen LogP contribution >= 0.6 is 0 Å². The first-order valence-electron chi connectivity index (χ1n) is 5.53. The number of rotatable bonds is 2. The number of aromatic nitrogens is 3. The summed E-state index contributed by atoms with van der Waals surface area (Å²) in [7, 11) is 0. The minimum atomic E-state index is -0.647. The smallest absolute Gasteiger partial charge is 0.177 e. The lowest BCUT2D eigenvalue weighted by Gasteiger charge is -2.09. The Morgan fingerprint density at radius 2 is 2.41 bits per heavy atom. The van der Waals surface area contributed by atoms with Crippen molar-refractivity contribution >= 4 is 11.2 Å². The van der Waals surface area contributed by atoms with Crippen LogP contribution in [0.25, 0.3) is 11.2 Å². The first-order chi connectivity index (χ1) is 8.28. The summed E-state index contributed by atoms with van der Waals surface area (Å²) in [6.07, 6.45) is 0.627. The third-order valence-electron chi connectivity index (χ3n) is 2.98. The lowest BCUT2D eigenvalue weighted by atomic mass is 10.1. The Kier molecular flexibility index (Phi) is 2.54. The van der Waals surface area contributed by atoms with Gasteiger partial charge in [-0.2, -0.15) is 0 Å². The lowest BCUT2D eigenvalue weighted by molar-refractivity contribution is -0.0244. The van der Waals surface area contributed by atoms with Crippen LogP contribution in [-0.4, -0.2) is 44.0 Å². The molecule has 6 nitrogen and oxygen atoms in total. The maximum atomic E-state index is 9.65. The number of hydrogen-bond donors (Lipinski definition) is 3. The molecule has 0 aromatic carbocycles. The topological polar surface area (TPSA) is 91.3 Å². The Hall–Kier alpha value is -1.50. The molecular weight excluding hydrogens is 222 g/mol. The van der Waals surface area contributed by atoms with Crippen molar-refractivity contribution in [3.05, 3.63) is 24.2 Å². The number of nitrogens with one attached hydrogen (secondary N) is 1. The molecular formula is C11H13N3O3. The maximum Gasteiger partial charge on any atom is 0.177 e. The summed E-state index contributed by atoms with van der Waals surface area (Å²) in [5.74, 6) is 0.647. The van der Waals surface area contributed by atoms with Crippen molar-refractivity contribution in [2.75, 3.05) is 6.61 Å². The number of H-pyrrole nitrogens is 1. The Labute approximate surface area is 97.3 Å². The van der Waals surface area contributed by atoms with Crippen molar-refractivity contribution in [2.45, 2.75) is 24.7 Å². The summed E-state index contributed by atoms with van der Waals surface area (Å²) in [5, 5.41) is 18.7. The molecule has 0 radical (unpaired) electrons. The standard InChI is InChI=1S/C11H13N3O3/c15-5-9-7(16)4-8(17-9)11-13-6-2-1-3-12-10(6)14-11/h1-3,7-9,15-16H,4-5H2,(H,12,13,14)/t7-,8+,9+/m0/s1. The normalized spacial score (nSPS) is 28.9. The molecule has 0 bridgehead atoms. The SMILES string of the molecule is OC[C@H]1O[C@@H](c2nc3ncccc3[nH]2)C[C@@H]1O. The van der Waals surface area contributed by atoms with Crippen LogP contribution < -0.4 is 0 Å². The summed E-state index contributed by atoms with van der Waals surface area (Å²) in [5.41, 5.74) is 1.47. The van der Waals surface area contributed by atoms with Crippen LogP contribution in [-0.2, 0) is 4.74 Å². The second-order valence-corrected chi connectivity index (χ2v) is 4.15. The van der Waals surface area contributed by atoms with E-state index in [1.165, 1.54) is 0 Å². The van der Waals surface area contributed by atoms with E-state index in [2.05, 4.69) is 15.0 Å². The van der Waals surface area contributed by atoms with E-state index in [-0.39, 0.29) is 12.7 Å². The minimum Gasteiger partial charge on any atom is -0.394 e. The van der Waals surface area contributed by atoms with Gasteiger partial charge < -0.3 is 19.9 Å². The zero-order valence-corrected chi connectivity index (χ0v) is 9.08. The highest BCUT2D eigenvalue weighted by Gasteiger charge is 2.35. The Morgan fingerprint density at radius 3 is 3.12 bits per heavy atom. The number of fused-ring (bicyclic) bond motifs is 1. The van der Waals surface area contributed by atoms with Gasteiger partial charge in [-0.15, -0.1) is 0 Å². The summed E-state index contributed by atoms with van der Waals surface area (Å²) >= 11 is 0. The van der Waals surface area contributed by atoms with Crippen LogP contribution in [0.4, 0.5) is 0 Å². The number of aliphatic hydroxyl groups is 2. The fourth-order valence-corrected chi connectivity index (χ4v) is 2.09. The number of aromatic amines is 1. The van der Waals surface area contributed by atoms with Gasteiger partial charge in [-0.1, -0.05) is 0 Å². The fraction of sp³-hybridized carbons (Fsp3) is 0.455. The van der Waals surface area contributed by atoms with Gasteiger partial charge in [0.1, 0.15) is 18.0 Å². The number of pyridine rings is 1. The second-order valence-electron chi connectivity index (χ2n) is 4.15. The summed E-state index contributed by atoms with van der Waals surface area (Å²) in [6.45, 7) is -0.184. The van der Waals surface area contributed by atoms with Gasteiger partial charge in [-0.25, -0.2) is 9.97 Å². The molecule has 3 rings (SSSR count). The molecule has 1 fully saturated rings. The highest BCUT2D eigenvalue weighted by molar-refractivity contribution is 5.69. The largest absolute Gasteiger partial charge is 0.394 e. The van der Waals surface area contributed by atoms with E-state index >= 15 is 0 Å². The van der Waals surface area contributed by atoms with Crippen LogP contribution in [0.3, 0.4) is 0 Å². The monoisotopic (exact) mass is 235 g/mol. The lowest BCUT2D eigenvalue weighted by Crippen LogP contribution is -2.24. The number of nitrogens with zero attached hydrogens (tertiary/aromatic N) is 2. The van der Waals surface area contributed by atoms with Crippen molar-refractivity contribution in [2.24, 2.45) is 0 Å². The zero-order chi connectivity index (χ0) is 11.8. The Balaban J connectivity index is 1.89. The van der Waals surface area contributed by atoms with Crippen LogP contribution in [0.5, 0.6) is 0 Å². The highest BCUT2D eigenvalue weighted by atomic mass is 16.5. The molecule has 1 aliphatic heterocycles. The van der Waals surface area contributed by atoms with E-state index in [0.29, 0.717) is 17.9 Å². The molecule has 1 saturated heterocycles. The summed E-state index contributed by atoms with van der Waals surface area (Å²) < 4.78 is 5.52. The average Bonchev–Trinajstić information content (AvgIpc) is 2.91. The van der Waals surface area contributed by atoms with Gasteiger partial charge >= 0.3 is 0 Å². The maximum absolute atomic E-state index is 9.65. The second kappa shape index (κ2) is 4.06. The average molecular weight is 235 g/mol. The first kappa shape index (κ1) is 10.6. The van der Waals surface area contributed by atoms with Crippen LogP contribution in [0.1, 0.15) is 18.3 Å². The predicted molar refractivity (Wildman–Crippen MR) is 59.2 cm³/mol. The molecule has 0 amide bonds. The fourth-order valence-electron chi connectivity index (χ4n) is 2.09. The summed E-state index contributed by atoms with van der Waals surface area (Å²) in [6, 6.07) is 3.71. The molecule has 2 aromatic heterocycles. The Morgan fingerprint density at radius 1 is 1.53 bits per heavy atom. The molecule has 90 valence electrons. The van der Waals surface area contributed by atoms with Gasteiger partial charge in [-0.3, -0.25) is 0 Å². The molecule has 3 N–H and O–H groups in total. The van der Waals surface area contributed by atoms with Gasteiger partial charge in [0.05, 0.1) is 18.2 Å². The van der Waals surface area contributed by atoms with E-state index in [0.717, 1.165) is 5.52 Å². The quantitative estimate of drug-likeness (QED) is 0.688. The molecule has 2 aromatic rings. The van der Waals surface area contributed by atoms with Crippen molar-refractivity contribution < 1.29 is 14.9 Å². The van der Waals surface area contributed by atoms with Gasteiger partial charge in [0.15, 0.2) is 5.65 Å². The number of ether oxygens (including phenoxy) is 1. The molecule has 17 heavy (non-hydrogen) atoms. The molecule has 0 unspecified atom stereocenters. The van der Waals surface area contributed by atoms with Crippen molar-refractivity contribution in [3.63, 3.8) is 0 Å². The molecule has 0 saturated carbocycles. The molecule has 6 heteroatoms. The van der Waals surface area contributed by atoms with E-state index in [1.54, 1.807) is 6.20 Å². The minimum absolute atomic E-state index is 0.184. The van der Waals surface area contributed by atoms with E-state index in [4.69, 9.17) is 9.84 Å². The van der Waals surface area contributed by atoms with Crippen LogP contribution in [0.2, 0.25) is 0 Å². The van der Waals surface area contributed by atoms with Crippen molar-refractivity contribution in [1.29, 1.82) is 0 Å². The van der Waals surface area contributed by atoms with Crippen molar-refractivity contribution in [1.82, 2.24) is 15.0 Å². The van der Waals surface area contributed by atoms with Gasteiger partial charge in [0.2, 0.25) is 0 Å². The number of aliphatic hydroxyl groups excluding tert-OH is 2. The van der Waals surface area contributed by atoms with Crippen LogP contribution in [0, 0.1) is 0 Å². The van der Waals surface area contributed by atoms with Gasteiger partial charge in [0.25, 0.3) is 0 Å². The third-order valence-corrected chi connectivity index (χ3v) is 2.98. The first-order valence-corrected chi connectivity index (χ1v) is 5.53. The van der Waals surface area contributed by atoms with E-state index < -0.39 is 12.2 Å². The third kappa shape index (κ3) is 1.80. The molecule has 3 heterocycles. The molecule has 1 aliphatic rings. The van der Waals surface area contributed by atoms with Gasteiger partial charge in [0, 0.05) is 12.6 Å². The summed E-state index contributed by atoms with van der Waals surface area (Å²) in [4.78, 5) is 11.5.